The van der Waals surface area contributed by atoms with E-state index >= 15 is 0 Å². The fourth-order valence-electron chi connectivity index (χ4n) is 3.55. The third kappa shape index (κ3) is 5.54. The van der Waals surface area contributed by atoms with E-state index in [1.165, 1.54) is 6.26 Å². The predicted octanol–water partition coefficient (Wildman–Crippen LogP) is 1.31. The van der Waals surface area contributed by atoms with Crippen LogP contribution in [0.4, 0.5) is 0 Å². The Morgan fingerprint density at radius 3 is 2.56 bits per heavy atom. The molecule has 7 nitrogen and oxygen atoms in total. The molecular formula is C17H30N4O3S. The van der Waals surface area contributed by atoms with Crippen molar-refractivity contribution in [2.75, 3.05) is 19.3 Å². The number of hydrogen-bond donors (Lipinski definition) is 1. The summed E-state index contributed by atoms with van der Waals surface area (Å²) in [5.74, 6) is 0.548. The SMILES string of the molecule is Cc1cc(C)n(CCCC(=O)N2C[C@@H](NS(C)(=O)=O)[C@H](C(C)C)C2)n1. The van der Waals surface area contributed by atoms with E-state index < -0.39 is 10.0 Å². The van der Waals surface area contributed by atoms with Gasteiger partial charge in [0.15, 0.2) is 0 Å². The molecule has 2 heterocycles. The number of likely N-dealkylation sites (tertiary alicyclic amines) is 1. The van der Waals surface area contributed by atoms with Gasteiger partial charge in [-0.15, -0.1) is 0 Å². The smallest absolute Gasteiger partial charge is 0.222 e. The second-order valence-electron chi connectivity index (χ2n) is 7.46. The molecule has 1 N–H and O–H groups in total. The quantitative estimate of drug-likeness (QED) is 0.784. The molecule has 0 bridgehead atoms. The van der Waals surface area contributed by atoms with Gasteiger partial charge >= 0.3 is 0 Å². The lowest BCUT2D eigenvalue weighted by Gasteiger charge is -2.21. The number of carbonyl (C=O) groups is 1. The van der Waals surface area contributed by atoms with Crippen molar-refractivity contribution in [1.82, 2.24) is 19.4 Å². The lowest BCUT2D eigenvalue weighted by Crippen LogP contribution is -2.41. The monoisotopic (exact) mass is 370 g/mol. The van der Waals surface area contributed by atoms with Gasteiger partial charge in [-0.3, -0.25) is 9.48 Å². The van der Waals surface area contributed by atoms with E-state index in [1.54, 1.807) is 4.90 Å². The summed E-state index contributed by atoms with van der Waals surface area (Å²) in [6.45, 7) is 9.89. The molecule has 1 aromatic rings. The molecular weight excluding hydrogens is 340 g/mol. The van der Waals surface area contributed by atoms with Crippen LogP contribution in [-0.4, -0.2) is 54.4 Å². The first-order valence-electron chi connectivity index (χ1n) is 8.83. The number of hydrogen-bond acceptors (Lipinski definition) is 4. The highest BCUT2D eigenvalue weighted by molar-refractivity contribution is 7.88. The van der Waals surface area contributed by atoms with E-state index in [4.69, 9.17) is 0 Å². The molecule has 25 heavy (non-hydrogen) atoms. The fraction of sp³-hybridized carbons (Fsp3) is 0.765. The molecule has 1 saturated heterocycles. The van der Waals surface area contributed by atoms with Crippen LogP contribution in [0.1, 0.15) is 38.1 Å². The third-order valence-electron chi connectivity index (χ3n) is 4.80. The molecule has 1 aromatic heterocycles. The molecule has 8 heteroatoms. The zero-order chi connectivity index (χ0) is 18.8. The maximum Gasteiger partial charge on any atom is 0.222 e. The Kier molecular flexibility index (Phi) is 6.26. The summed E-state index contributed by atoms with van der Waals surface area (Å²) in [6, 6.07) is 1.83. The molecule has 0 spiro atoms. The van der Waals surface area contributed by atoms with Gasteiger partial charge in [0, 0.05) is 37.8 Å². The first kappa shape index (κ1) is 19.9. The molecule has 1 fully saturated rings. The van der Waals surface area contributed by atoms with Crippen molar-refractivity contribution in [3.8, 4) is 0 Å². The summed E-state index contributed by atoms with van der Waals surface area (Å²) in [5.41, 5.74) is 2.08. The van der Waals surface area contributed by atoms with Crippen LogP contribution in [0.2, 0.25) is 0 Å². The van der Waals surface area contributed by atoms with Gasteiger partial charge in [0.1, 0.15) is 0 Å². The average Bonchev–Trinajstić information content (AvgIpc) is 3.00. The van der Waals surface area contributed by atoms with E-state index in [0.717, 1.165) is 24.4 Å². The van der Waals surface area contributed by atoms with Crippen LogP contribution in [0.15, 0.2) is 6.07 Å². The van der Waals surface area contributed by atoms with Crippen molar-refractivity contribution in [2.24, 2.45) is 11.8 Å². The van der Waals surface area contributed by atoms with E-state index in [-0.39, 0.29) is 17.9 Å². The van der Waals surface area contributed by atoms with Crippen LogP contribution in [-0.2, 0) is 21.4 Å². The van der Waals surface area contributed by atoms with Crippen molar-refractivity contribution in [3.05, 3.63) is 17.5 Å². The fourth-order valence-corrected chi connectivity index (χ4v) is 4.35. The molecule has 2 atom stereocenters. The summed E-state index contributed by atoms with van der Waals surface area (Å²) in [6.07, 6.45) is 2.35. The summed E-state index contributed by atoms with van der Waals surface area (Å²) in [7, 11) is -3.28. The Morgan fingerprint density at radius 1 is 1.36 bits per heavy atom. The minimum Gasteiger partial charge on any atom is -0.341 e. The number of amides is 1. The molecule has 1 aliphatic heterocycles. The van der Waals surface area contributed by atoms with E-state index in [1.807, 2.05) is 24.6 Å². The highest BCUT2D eigenvalue weighted by Crippen LogP contribution is 2.25. The summed E-state index contributed by atoms with van der Waals surface area (Å²) in [4.78, 5) is 14.3. The molecule has 0 aliphatic carbocycles. The molecule has 2 rings (SSSR count). The average molecular weight is 371 g/mol. The van der Waals surface area contributed by atoms with Crippen molar-refractivity contribution >= 4 is 15.9 Å². The lowest BCUT2D eigenvalue weighted by molar-refractivity contribution is -0.130. The van der Waals surface area contributed by atoms with Gasteiger partial charge in [-0.05, 0) is 38.2 Å². The van der Waals surface area contributed by atoms with E-state index in [2.05, 4.69) is 23.7 Å². The predicted molar refractivity (Wildman–Crippen MR) is 97.6 cm³/mol. The van der Waals surface area contributed by atoms with Crippen molar-refractivity contribution in [3.63, 3.8) is 0 Å². The molecule has 0 aromatic carbocycles. The molecule has 0 unspecified atom stereocenters. The van der Waals surface area contributed by atoms with Crippen LogP contribution in [0.25, 0.3) is 0 Å². The number of nitrogens with zero attached hydrogens (tertiary/aromatic N) is 3. The Bertz CT molecular complexity index is 711. The van der Waals surface area contributed by atoms with Gasteiger partial charge in [-0.1, -0.05) is 13.8 Å². The maximum atomic E-state index is 12.5. The third-order valence-corrected chi connectivity index (χ3v) is 5.53. The number of sulfonamides is 1. The Labute approximate surface area is 150 Å². The highest BCUT2D eigenvalue weighted by atomic mass is 32.2. The van der Waals surface area contributed by atoms with Crippen LogP contribution in [0, 0.1) is 25.7 Å². The van der Waals surface area contributed by atoms with Crippen LogP contribution >= 0.6 is 0 Å². The molecule has 0 saturated carbocycles. The molecule has 1 amide bonds. The van der Waals surface area contributed by atoms with Crippen LogP contribution in [0.5, 0.6) is 0 Å². The standard InChI is InChI=1S/C17H30N4O3S/c1-12(2)15-10-20(11-16(15)19-25(5,23)24)17(22)7-6-8-21-14(4)9-13(3)18-21/h9,12,15-16,19H,6-8,10-11H2,1-5H3/t15-,16+/m0/s1. The second-order valence-corrected chi connectivity index (χ2v) is 9.24. The number of rotatable bonds is 7. The Balaban J connectivity index is 1.90. The Morgan fingerprint density at radius 2 is 2.04 bits per heavy atom. The van der Waals surface area contributed by atoms with Gasteiger partial charge in [0.25, 0.3) is 0 Å². The minimum atomic E-state index is -3.28. The lowest BCUT2D eigenvalue weighted by atomic mass is 9.92. The molecule has 0 radical (unpaired) electrons. The number of nitrogens with one attached hydrogen (secondary N) is 1. The van der Waals surface area contributed by atoms with Crippen LogP contribution in [0.3, 0.4) is 0 Å². The molecule has 1 aliphatic rings. The number of carbonyl (C=O) groups excluding carboxylic acids is 1. The first-order valence-corrected chi connectivity index (χ1v) is 10.7. The topological polar surface area (TPSA) is 84.3 Å². The van der Waals surface area contributed by atoms with Gasteiger partial charge in [0.2, 0.25) is 15.9 Å². The zero-order valence-electron chi connectivity index (χ0n) is 15.8. The number of aryl methyl sites for hydroxylation is 3. The maximum absolute atomic E-state index is 12.5. The van der Waals surface area contributed by atoms with Crippen molar-refractivity contribution in [1.29, 1.82) is 0 Å². The van der Waals surface area contributed by atoms with E-state index in [9.17, 15) is 13.2 Å². The van der Waals surface area contributed by atoms with Crippen LogP contribution < -0.4 is 4.72 Å². The van der Waals surface area contributed by atoms with Gasteiger partial charge in [0.05, 0.1) is 11.9 Å². The first-order chi connectivity index (χ1) is 11.6. The Hall–Kier alpha value is -1.41. The highest BCUT2D eigenvalue weighted by Gasteiger charge is 2.37. The largest absolute Gasteiger partial charge is 0.341 e. The molecule has 142 valence electrons. The zero-order valence-corrected chi connectivity index (χ0v) is 16.6. The minimum absolute atomic E-state index is 0.0879. The normalized spacial score (nSPS) is 21.3. The summed E-state index contributed by atoms with van der Waals surface area (Å²) < 4.78 is 27.8. The van der Waals surface area contributed by atoms with Gasteiger partial charge in [-0.2, -0.15) is 5.10 Å². The van der Waals surface area contributed by atoms with Crippen molar-refractivity contribution < 1.29 is 13.2 Å². The van der Waals surface area contributed by atoms with Crippen molar-refractivity contribution in [2.45, 2.75) is 53.1 Å². The van der Waals surface area contributed by atoms with Gasteiger partial charge < -0.3 is 4.90 Å². The second kappa shape index (κ2) is 7.86. The summed E-state index contributed by atoms with van der Waals surface area (Å²) in [5, 5.41) is 4.41. The van der Waals surface area contributed by atoms with Gasteiger partial charge in [-0.25, -0.2) is 13.1 Å². The number of aromatic nitrogens is 2. The van der Waals surface area contributed by atoms with E-state index in [0.29, 0.717) is 25.4 Å². The summed E-state index contributed by atoms with van der Waals surface area (Å²) >= 11 is 0.